The lowest BCUT2D eigenvalue weighted by Crippen LogP contribution is -2.24. The lowest BCUT2D eigenvalue weighted by atomic mass is 9.76. The van der Waals surface area contributed by atoms with Crippen molar-refractivity contribution < 1.29 is 22.7 Å². The summed E-state index contributed by atoms with van der Waals surface area (Å²) in [5.74, 6) is 0.273. The van der Waals surface area contributed by atoms with Crippen molar-refractivity contribution in [1.29, 1.82) is 0 Å². The second-order valence-corrected chi connectivity index (χ2v) is 12.2. The van der Waals surface area contributed by atoms with Crippen LogP contribution < -0.4 is 0 Å². The second kappa shape index (κ2) is 12.6. The molecule has 1 saturated carbocycles. The molecule has 2 unspecified atom stereocenters. The molecule has 0 aliphatic heterocycles. The van der Waals surface area contributed by atoms with Gasteiger partial charge in [0.25, 0.3) is 0 Å². The first-order valence-corrected chi connectivity index (χ1v) is 15.5. The predicted octanol–water partition coefficient (Wildman–Crippen LogP) is 9.58. The molecule has 6 rings (SSSR count). The number of aliphatic hydroxyl groups excluding tert-OH is 1. The van der Waals surface area contributed by atoms with Crippen molar-refractivity contribution >= 4 is 0 Å². The van der Waals surface area contributed by atoms with Gasteiger partial charge < -0.3 is 5.11 Å². The molecule has 2 atom stereocenters. The molecule has 0 saturated heterocycles. The minimum absolute atomic E-state index is 0.297. The number of nitrogens with zero attached hydrogens (tertiary/aromatic N) is 1. The molecule has 43 heavy (non-hydrogen) atoms. The summed E-state index contributed by atoms with van der Waals surface area (Å²) in [4.78, 5) is 5.33. The van der Waals surface area contributed by atoms with Gasteiger partial charge in [0.15, 0.2) is 0 Å². The molecule has 6 heteroatoms. The molecule has 1 N–H and O–H groups in total. The molecule has 2 aliphatic rings. The Morgan fingerprint density at radius 2 is 1.47 bits per heavy atom. The van der Waals surface area contributed by atoms with Crippen molar-refractivity contribution in [2.45, 2.75) is 82.4 Å². The third-order valence-electron chi connectivity index (χ3n) is 9.32. The fourth-order valence-electron chi connectivity index (χ4n) is 7.11. The first-order chi connectivity index (χ1) is 20.8. The number of hydrogen-bond donors (Lipinski definition) is 1. The summed E-state index contributed by atoms with van der Waals surface area (Å²) < 4.78 is 53.6. The van der Waals surface area contributed by atoms with Crippen molar-refractivity contribution in [2.24, 2.45) is 5.92 Å². The molecule has 3 aromatic carbocycles. The van der Waals surface area contributed by atoms with E-state index in [1.165, 1.54) is 17.7 Å². The molecule has 2 nitrogen and oxygen atoms in total. The lowest BCUT2D eigenvalue weighted by molar-refractivity contribution is -0.137. The number of hydrogen-bond acceptors (Lipinski definition) is 2. The highest BCUT2D eigenvalue weighted by molar-refractivity contribution is 5.74. The highest BCUT2D eigenvalue weighted by Crippen LogP contribution is 2.46. The Kier molecular flexibility index (Phi) is 8.67. The van der Waals surface area contributed by atoms with Crippen molar-refractivity contribution in [3.05, 3.63) is 124 Å². The fourth-order valence-corrected chi connectivity index (χ4v) is 7.11. The summed E-state index contributed by atoms with van der Waals surface area (Å²) in [6, 6.07) is 22.2. The molecule has 1 heterocycles. The van der Waals surface area contributed by atoms with Crippen LogP contribution in [-0.2, 0) is 31.9 Å². The van der Waals surface area contributed by atoms with Crippen LogP contribution in [0.5, 0.6) is 0 Å². The Labute approximate surface area is 250 Å². The van der Waals surface area contributed by atoms with Crippen LogP contribution >= 0.6 is 0 Å². The number of rotatable bonds is 8. The summed E-state index contributed by atoms with van der Waals surface area (Å²) in [7, 11) is 0. The predicted molar refractivity (Wildman–Crippen MR) is 161 cm³/mol. The van der Waals surface area contributed by atoms with E-state index in [4.69, 9.17) is 4.98 Å². The lowest BCUT2D eigenvalue weighted by Gasteiger charge is -2.33. The van der Waals surface area contributed by atoms with Gasteiger partial charge in [0, 0.05) is 22.9 Å². The van der Waals surface area contributed by atoms with E-state index in [9.17, 15) is 22.7 Å². The normalized spacial score (nSPS) is 19.0. The van der Waals surface area contributed by atoms with Gasteiger partial charge in [-0.15, -0.1) is 0 Å². The zero-order valence-corrected chi connectivity index (χ0v) is 24.2. The van der Waals surface area contributed by atoms with Gasteiger partial charge in [-0.05, 0) is 109 Å². The van der Waals surface area contributed by atoms with E-state index in [2.05, 4.69) is 24.3 Å². The Bertz CT molecular complexity index is 1520. The molecule has 0 radical (unpaired) electrons. The van der Waals surface area contributed by atoms with Gasteiger partial charge in [0.1, 0.15) is 5.82 Å². The summed E-state index contributed by atoms with van der Waals surface area (Å²) in [5.41, 5.74) is 7.11. The molecule has 0 amide bonds. The first kappa shape index (κ1) is 29.6. The monoisotopic (exact) mass is 587 g/mol. The van der Waals surface area contributed by atoms with E-state index in [0.717, 1.165) is 96.3 Å². The highest BCUT2D eigenvalue weighted by Gasteiger charge is 2.34. The molecule has 0 spiro atoms. The maximum atomic E-state index is 14.1. The molecular formula is C37H37F4NO. The topological polar surface area (TPSA) is 33.1 Å². The largest absolute Gasteiger partial charge is 0.416 e. The van der Waals surface area contributed by atoms with E-state index in [1.54, 1.807) is 24.3 Å². The van der Waals surface area contributed by atoms with Gasteiger partial charge in [-0.3, -0.25) is 4.98 Å². The van der Waals surface area contributed by atoms with Gasteiger partial charge in [-0.2, -0.15) is 13.2 Å². The fraction of sp³-hybridized carbons (Fsp3) is 0.378. The van der Waals surface area contributed by atoms with Crippen molar-refractivity contribution in [1.82, 2.24) is 4.98 Å². The van der Waals surface area contributed by atoms with Crippen LogP contribution in [0.4, 0.5) is 17.6 Å². The molecule has 1 aromatic heterocycles. The number of benzene rings is 3. The molecule has 1 fully saturated rings. The smallest absolute Gasteiger partial charge is 0.388 e. The number of pyridine rings is 1. The third-order valence-corrected chi connectivity index (χ3v) is 9.32. The van der Waals surface area contributed by atoms with E-state index in [-0.39, 0.29) is 5.82 Å². The van der Waals surface area contributed by atoms with Gasteiger partial charge >= 0.3 is 6.18 Å². The standard InChI is InChI=1S/C37H37F4NO/c38-30-19-15-27(16-20-30)34-31(21-14-25-12-17-29(18-13-25)37(39,40)41)36(28-8-4-5-9-28)42-32-22-26(23-33(43)35(32)34)11-10-24-6-2-1-3-7-24/h1-3,6-7,12-13,15-20,26,28,33,43H,4-5,8-11,14,21-23H2. The van der Waals surface area contributed by atoms with Crippen LogP contribution in [0, 0.1) is 11.7 Å². The van der Waals surface area contributed by atoms with E-state index >= 15 is 0 Å². The van der Waals surface area contributed by atoms with Gasteiger partial charge in [0.05, 0.1) is 11.7 Å². The number of halogens is 4. The zero-order chi connectivity index (χ0) is 30.0. The SMILES string of the molecule is OC1CC(CCc2ccccc2)Cc2nc(C3CCCC3)c(CCc3ccc(C(F)(F)F)cc3)c(-c3ccc(F)cc3)c21. The van der Waals surface area contributed by atoms with Crippen LogP contribution in [-0.4, -0.2) is 10.1 Å². The van der Waals surface area contributed by atoms with E-state index in [1.807, 2.05) is 6.07 Å². The van der Waals surface area contributed by atoms with Crippen molar-refractivity contribution in [2.75, 3.05) is 0 Å². The maximum Gasteiger partial charge on any atom is 0.416 e. The van der Waals surface area contributed by atoms with Gasteiger partial charge in [-0.1, -0.05) is 67.4 Å². The third kappa shape index (κ3) is 6.70. The minimum atomic E-state index is -4.37. The van der Waals surface area contributed by atoms with Crippen molar-refractivity contribution in [3.8, 4) is 11.1 Å². The van der Waals surface area contributed by atoms with Crippen LogP contribution in [0.15, 0.2) is 78.9 Å². The summed E-state index contributed by atoms with van der Waals surface area (Å²) in [6.45, 7) is 0. The Hall–Kier alpha value is -3.51. The Balaban J connectivity index is 1.39. The highest BCUT2D eigenvalue weighted by atomic mass is 19.4. The second-order valence-electron chi connectivity index (χ2n) is 12.2. The number of aliphatic hydroxyl groups is 1. The molecule has 4 aromatic rings. The minimum Gasteiger partial charge on any atom is -0.388 e. The van der Waals surface area contributed by atoms with Crippen molar-refractivity contribution in [3.63, 3.8) is 0 Å². The van der Waals surface area contributed by atoms with Crippen LogP contribution in [0.1, 0.15) is 89.8 Å². The summed E-state index contributed by atoms with van der Waals surface area (Å²) in [6.07, 6.45) is 3.73. The van der Waals surface area contributed by atoms with Gasteiger partial charge in [-0.25, -0.2) is 4.39 Å². The number of fused-ring (bicyclic) bond motifs is 1. The maximum absolute atomic E-state index is 14.1. The Morgan fingerprint density at radius 3 is 2.14 bits per heavy atom. The number of alkyl halides is 3. The average Bonchev–Trinajstić information content (AvgIpc) is 3.54. The van der Waals surface area contributed by atoms with Crippen LogP contribution in [0.25, 0.3) is 11.1 Å². The van der Waals surface area contributed by atoms with Crippen LogP contribution in [0.2, 0.25) is 0 Å². The summed E-state index contributed by atoms with van der Waals surface area (Å²) >= 11 is 0. The average molecular weight is 588 g/mol. The van der Waals surface area contributed by atoms with E-state index in [0.29, 0.717) is 31.1 Å². The molecular weight excluding hydrogens is 550 g/mol. The molecule has 0 bridgehead atoms. The van der Waals surface area contributed by atoms with Gasteiger partial charge in [0.2, 0.25) is 0 Å². The summed E-state index contributed by atoms with van der Waals surface area (Å²) in [5, 5.41) is 11.7. The number of aromatic nitrogens is 1. The Morgan fingerprint density at radius 1 is 0.791 bits per heavy atom. The first-order valence-electron chi connectivity index (χ1n) is 15.5. The molecule has 224 valence electrons. The van der Waals surface area contributed by atoms with E-state index < -0.39 is 17.8 Å². The quantitative estimate of drug-likeness (QED) is 0.208. The molecule has 2 aliphatic carbocycles. The number of aryl methyl sites for hydroxylation is 2. The van der Waals surface area contributed by atoms with Crippen LogP contribution in [0.3, 0.4) is 0 Å². The zero-order valence-electron chi connectivity index (χ0n) is 24.2.